The van der Waals surface area contributed by atoms with Gasteiger partial charge in [0.25, 0.3) is 5.91 Å². The Labute approximate surface area is 191 Å². The molecule has 4 heterocycles. The number of fused-ring (bicyclic) bond motifs is 1. The minimum Gasteiger partial charge on any atom is -0.367 e. The standard InChI is InChI=1S/C25H24N6O2/c32-23(18-31-13-9-19-4-3-10-27-24(19)31)30-16-14-29(15-17-30)22-6-2-1-5-21(22)25(33)28-20-7-11-26-12-8-20/h1-13H,14-18H2,(H,26,28,33). The van der Waals surface area contributed by atoms with Gasteiger partial charge in [0, 0.05) is 67.7 Å². The van der Waals surface area contributed by atoms with E-state index >= 15 is 0 Å². The molecule has 2 amide bonds. The van der Waals surface area contributed by atoms with E-state index in [2.05, 4.69) is 20.2 Å². The molecule has 0 saturated carbocycles. The van der Waals surface area contributed by atoms with Crippen molar-refractivity contribution in [1.29, 1.82) is 0 Å². The van der Waals surface area contributed by atoms with Crippen LogP contribution < -0.4 is 10.2 Å². The van der Waals surface area contributed by atoms with Gasteiger partial charge < -0.3 is 19.7 Å². The fourth-order valence-electron chi connectivity index (χ4n) is 4.17. The Hall–Kier alpha value is -4.20. The highest BCUT2D eigenvalue weighted by atomic mass is 16.2. The van der Waals surface area contributed by atoms with Crippen LogP contribution in [0.1, 0.15) is 10.4 Å². The van der Waals surface area contributed by atoms with E-state index in [1.165, 1.54) is 0 Å². The van der Waals surface area contributed by atoms with Gasteiger partial charge in [-0.1, -0.05) is 12.1 Å². The zero-order valence-corrected chi connectivity index (χ0v) is 18.1. The number of nitrogens with one attached hydrogen (secondary N) is 1. The van der Waals surface area contributed by atoms with Gasteiger partial charge >= 0.3 is 0 Å². The molecule has 1 aliphatic rings. The maximum atomic E-state index is 12.9. The SMILES string of the molecule is O=C(Nc1ccncc1)c1ccccc1N1CCN(C(=O)Cn2ccc3cccnc32)CC1. The van der Waals surface area contributed by atoms with Gasteiger partial charge in [0.1, 0.15) is 12.2 Å². The number of rotatable bonds is 5. The van der Waals surface area contributed by atoms with Crippen LogP contribution in [0.4, 0.5) is 11.4 Å². The smallest absolute Gasteiger partial charge is 0.257 e. The summed E-state index contributed by atoms with van der Waals surface area (Å²) in [5.74, 6) is -0.0937. The topological polar surface area (TPSA) is 83.4 Å². The zero-order valence-electron chi connectivity index (χ0n) is 18.1. The quantitative estimate of drug-likeness (QED) is 0.516. The third-order valence-corrected chi connectivity index (χ3v) is 5.89. The van der Waals surface area contributed by atoms with E-state index in [4.69, 9.17) is 0 Å². The molecule has 1 aliphatic heterocycles. The number of para-hydroxylation sites is 1. The summed E-state index contributed by atoms with van der Waals surface area (Å²) in [7, 11) is 0. The summed E-state index contributed by atoms with van der Waals surface area (Å²) in [5, 5.41) is 3.95. The molecule has 5 rings (SSSR count). The summed E-state index contributed by atoms with van der Waals surface area (Å²) in [6.45, 7) is 2.80. The van der Waals surface area contributed by atoms with Crippen molar-refractivity contribution in [2.45, 2.75) is 6.54 Å². The van der Waals surface area contributed by atoms with Gasteiger partial charge in [-0.3, -0.25) is 14.6 Å². The number of aromatic nitrogens is 3. The average Bonchev–Trinajstić information content (AvgIpc) is 3.27. The molecule has 0 bridgehead atoms. The summed E-state index contributed by atoms with van der Waals surface area (Å²) < 4.78 is 1.89. The molecule has 1 saturated heterocycles. The minimum absolute atomic E-state index is 0.0709. The molecule has 8 nitrogen and oxygen atoms in total. The first kappa shape index (κ1) is 20.7. The van der Waals surface area contributed by atoms with E-state index < -0.39 is 0 Å². The fourth-order valence-corrected chi connectivity index (χ4v) is 4.17. The summed E-state index contributed by atoms with van der Waals surface area (Å²) in [6.07, 6.45) is 6.93. The third kappa shape index (κ3) is 4.41. The highest BCUT2D eigenvalue weighted by Crippen LogP contribution is 2.23. The molecule has 1 aromatic carbocycles. The van der Waals surface area contributed by atoms with E-state index in [0.29, 0.717) is 37.4 Å². The van der Waals surface area contributed by atoms with Gasteiger partial charge in [-0.15, -0.1) is 0 Å². The second-order valence-corrected chi connectivity index (χ2v) is 7.93. The fraction of sp³-hybridized carbons (Fsp3) is 0.200. The largest absolute Gasteiger partial charge is 0.367 e. The summed E-state index contributed by atoms with van der Waals surface area (Å²) >= 11 is 0. The molecular formula is C25H24N6O2. The first-order chi connectivity index (χ1) is 16.2. The first-order valence-electron chi connectivity index (χ1n) is 10.9. The number of carbonyl (C=O) groups is 2. The van der Waals surface area contributed by atoms with Crippen molar-refractivity contribution in [1.82, 2.24) is 19.4 Å². The highest BCUT2D eigenvalue weighted by Gasteiger charge is 2.24. The van der Waals surface area contributed by atoms with Crippen LogP contribution in [-0.4, -0.2) is 57.4 Å². The van der Waals surface area contributed by atoms with Crippen molar-refractivity contribution < 1.29 is 9.59 Å². The minimum atomic E-state index is -0.165. The molecule has 0 atom stereocenters. The molecule has 0 radical (unpaired) electrons. The molecule has 8 heteroatoms. The predicted molar refractivity (Wildman–Crippen MR) is 127 cm³/mol. The van der Waals surface area contributed by atoms with Gasteiger partial charge in [0.05, 0.1) is 5.56 Å². The number of benzene rings is 1. The summed E-state index contributed by atoms with van der Waals surface area (Å²) in [6, 6.07) is 16.9. The van der Waals surface area contributed by atoms with Crippen LogP contribution in [0.5, 0.6) is 0 Å². The second-order valence-electron chi connectivity index (χ2n) is 7.93. The van der Waals surface area contributed by atoms with E-state index in [-0.39, 0.29) is 18.4 Å². The number of hydrogen-bond donors (Lipinski definition) is 1. The molecule has 0 aliphatic carbocycles. The number of nitrogens with zero attached hydrogens (tertiary/aromatic N) is 5. The molecule has 1 fully saturated rings. The van der Waals surface area contributed by atoms with Crippen molar-refractivity contribution in [2.24, 2.45) is 0 Å². The van der Waals surface area contributed by atoms with Crippen LogP contribution in [0.3, 0.4) is 0 Å². The van der Waals surface area contributed by atoms with Crippen LogP contribution >= 0.6 is 0 Å². The Morgan fingerprint density at radius 1 is 0.879 bits per heavy atom. The molecular weight excluding hydrogens is 416 g/mol. The number of pyridine rings is 2. The van der Waals surface area contributed by atoms with E-state index in [9.17, 15) is 9.59 Å². The molecule has 0 unspecified atom stereocenters. The maximum Gasteiger partial charge on any atom is 0.257 e. The van der Waals surface area contributed by atoms with E-state index in [0.717, 1.165) is 16.7 Å². The molecule has 33 heavy (non-hydrogen) atoms. The summed E-state index contributed by atoms with van der Waals surface area (Å²) in [4.78, 5) is 38.2. The molecule has 4 aromatic rings. The van der Waals surface area contributed by atoms with Crippen molar-refractivity contribution in [2.75, 3.05) is 36.4 Å². The van der Waals surface area contributed by atoms with E-state index in [1.54, 1.807) is 30.7 Å². The number of hydrogen-bond acceptors (Lipinski definition) is 5. The molecule has 166 valence electrons. The molecule has 0 spiro atoms. The lowest BCUT2D eigenvalue weighted by atomic mass is 10.1. The van der Waals surface area contributed by atoms with Crippen molar-refractivity contribution in [3.05, 3.63) is 84.9 Å². The zero-order chi connectivity index (χ0) is 22.6. The number of piperazine rings is 1. The number of anilines is 2. The van der Waals surface area contributed by atoms with Crippen LogP contribution in [0.2, 0.25) is 0 Å². The Balaban J connectivity index is 1.24. The second kappa shape index (κ2) is 9.12. The van der Waals surface area contributed by atoms with Gasteiger partial charge in [0.2, 0.25) is 5.91 Å². The Kier molecular flexibility index (Phi) is 5.72. The van der Waals surface area contributed by atoms with Crippen molar-refractivity contribution in [3.63, 3.8) is 0 Å². The van der Waals surface area contributed by atoms with Crippen LogP contribution in [0.25, 0.3) is 11.0 Å². The van der Waals surface area contributed by atoms with Gasteiger partial charge in [-0.25, -0.2) is 4.98 Å². The average molecular weight is 441 g/mol. The lowest BCUT2D eigenvalue weighted by Crippen LogP contribution is -2.50. The monoisotopic (exact) mass is 440 g/mol. The van der Waals surface area contributed by atoms with Crippen LogP contribution in [0, 0.1) is 0 Å². The predicted octanol–water partition coefficient (Wildman–Crippen LogP) is 3.03. The third-order valence-electron chi connectivity index (χ3n) is 5.89. The van der Waals surface area contributed by atoms with Crippen LogP contribution in [-0.2, 0) is 11.3 Å². The van der Waals surface area contributed by atoms with Crippen molar-refractivity contribution in [3.8, 4) is 0 Å². The normalized spacial score (nSPS) is 13.8. The Morgan fingerprint density at radius 3 is 2.48 bits per heavy atom. The maximum absolute atomic E-state index is 12.9. The van der Waals surface area contributed by atoms with Crippen LogP contribution in [0.15, 0.2) is 79.4 Å². The lowest BCUT2D eigenvalue weighted by Gasteiger charge is -2.37. The summed E-state index contributed by atoms with van der Waals surface area (Å²) in [5.41, 5.74) is 3.00. The first-order valence-corrected chi connectivity index (χ1v) is 10.9. The van der Waals surface area contributed by atoms with Gasteiger partial charge in [-0.2, -0.15) is 0 Å². The molecule has 1 N–H and O–H groups in total. The number of amides is 2. The van der Waals surface area contributed by atoms with Gasteiger partial charge in [-0.05, 0) is 42.5 Å². The van der Waals surface area contributed by atoms with E-state index in [1.807, 2.05) is 58.1 Å². The number of carbonyl (C=O) groups excluding carboxylic acids is 2. The van der Waals surface area contributed by atoms with Gasteiger partial charge in [0.15, 0.2) is 0 Å². The highest BCUT2D eigenvalue weighted by molar-refractivity contribution is 6.08. The Bertz CT molecular complexity index is 1280. The molecule has 3 aromatic heterocycles. The lowest BCUT2D eigenvalue weighted by molar-refractivity contribution is -0.132. The Morgan fingerprint density at radius 2 is 1.67 bits per heavy atom. The van der Waals surface area contributed by atoms with Crippen molar-refractivity contribution >= 4 is 34.2 Å².